The summed E-state index contributed by atoms with van der Waals surface area (Å²) in [6.07, 6.45) is 4.24. The van der Waals surface area contributed by atoms with Crippen molar-refractivity contribution in [2.24, 2.45) is 0 Å². The summed E-state index contributed by atoms with van der Waals surface area (Å²) in [4.78, 5) is 14.5. The van der Waals surface area contributed by atoms with Crippen molar-refractivity contribution in [3.05, 3.63) is 24.4 Å². The van der Waals surface area contributed by atoms with Gasteiger partial charge in [0.1, 0.15) is 0 Å². The average Bonchev–Trinajstić information content (AvgIpc) is 3.16. The van der Waals surface area contributed by atoms with Crippen LogP contribution in [0.15, 0.2) is 29.6 Å². The van der Waals surface area contributed by atoms with Crippen molar-refractivity contribution < 1.29 is 13.2 Å². The Kier molecular flexibility index (Phi) is 5.63. The van der Waals surface area contributed by atoms with Gasteiger partial charge in [-0.05, 0) is 25.0 Å². The molecule has 1 aliphatic rings. The van der Waals surface area contributed by atoms with Gasteiger partial charge < -0.3 is 4.90 Å². The number of amides is 1. The zero-order chi connectivity index (χ0) is 17.9. The van der Waals surface area contributed by atoms with Gasteiger partial charge in [-0.3, -0.25) is 9.20 Å². The maximum absolute atomic E-state index is 12.7. The molecule has 0 radical (unpaired) electrons. The molecule has 1 atom stereocenters. The lowest BCUT2D eigenvalue weighted by Gasteiger charge is -2.28. The number of pyridine rings is 1. The molecule has 1 amide bonds. The molecular formula is C16H22N4O3S2. The summed E-state index contributed by atoms with van der Waals surface area (Å²) in [7, 11) is -3.01. The van der Waals surface area contributed by atoms with E-state index in [0.29, 0.717) is 18.1 Å². The molecule has 1 unspecified atom stereocenters. The van der Waals surface area contributed by atoms with E-state index in [2.05, 4.69) is 17.1 Å². The molecule has 0 N–H and O–H groups in total. The highest BCUT2D eigenvalue weighted by atomic mass is 32.2. The quantitative estimate of drug-likeness (QED) is 0.677. The summed E-state index contributed by atoms with van der Waals surface area (Å²) in [5, 5.41) is 8.86. The molecule has 0 aliphatic carbocycles. The van der Waals surface area contributed by atoms with E-state index in [4.69, 9.17) is 0 Å². The van der Waals surface area contributed by atoms with Crippen LogP contribution in [0.4, 0.5) is 0 Å². The van der Waals surface area contributed by atoms with Gasteiger partial charge in [-0.15, -0.1) is 10.2 Å². The lowest BCUT2D eigenvalue weighted by atomic mass is 10.2. The first-order chi connectivity index (χ1) is 12.0. The van der Waals surface area contributed by atoms with Crippen LogP contribution in [0.2, 0.25) is 0 Å². The first kappa shape index (κ1) is 18.2. The van der Waals surface area contributed by atoms with Gasteiger partial charge in [0.25, 0.3) is 0 Å². The molecule has 1 saturated heterocycles. The Balaban J connectivity index is 1.67. The molecule has 0 spiro atoms. The van der Waals surface area contributed by atoms with E-state index in [1.165, 1.54) is 11.8 Å². The zero-order valence-electron chi connectivity index (χ0n) is 14.2. The molecule has 136 valence electrons. The minimum atomic E-state index is -3.01. The van der Waals surface area contributed by atoms with E-state index in [0.717, 1.165) is 18.5 Å². The minimum Gasteiger partial charge on any atom is -0.338 e. The van der Waals surface area contributed by atoms with Crippen molar-refractivity contribution in [3.8, 4) is 0 Å². The van der Waals surface area contributed by atoms with E-state index in [1.54, 1.807) is 4.90 Å². The van der Waals surface area contributed by atoms with E-state index < -0.39 is 9.84 Å². The van der Waals surface area contributed by atoms with Gasteiger partial charge in [0, 0.05) is 18.8 Å². The minimum absolute atomic E-state index is 0.0340. The lowest BCUT2D eigenvalue weighted by molar-refractivity contribution is -0.130. The summed E-state index contributed by atoms with van der Waals surface area (Å²) >= 11 is 1.33. The Labute approximate surface area is 151 Å². The maximum atomic E-state index is 12.7. The van der Waals surface area contributed by atoms with Crippen LogP contribution in [0, 0.1) is 0 Å². The molecule has 9 heteroatoms. The van der Waals surface area contributed by atoms with Crippen LogP contribution >= 0.6 is 11.8 Å². The molecule has 1 fully saturated rings. The van der Waals surface area contributed by atoms with Gasteiger partial charge in [0.05, 0.1) is 17.3 Å². The lowest BCUT2D eigenvalue weighted by Crippen LogP contribution is -2.42. The molecule has 25 heavy (non-hydrogen) atoms. The van der Waals surface area contributed by atoms with Gasteiger partial charge in [0.2, 0.25) is 5.91 Å². The number of carbonyl (C=O) groups excluding carboxylic acids is 1. The SMILES string of the molecule is CCCCN(C(=O)CSc1nnc2ccccn12)C1CCS(=O)(=O)C1. The Morgan fingerprint density at radius 2 is 2.24 bits per heavy atom. The van der Waals surface area contributed by atoms with E-state index in [9.17, 15) is 13.2 Å². The Bertz CT molecular complexity index is 850. The van der Waals surface area contributed by atoms with Crippen molar-refractivity contribution in [2.45, 2.75) is 37.4 Å². The first-order valence-corrected chi connectivity index (χ1v) is 11.2. The summed E-state index contributed by atoms with van der Waals surface area (Å²) in [6, 6.07) is 5.44. The Hall–Kier alpha value is -1.61. The maximum Gasteiger partial charge on any atom is 0.233 e. The number of aromatic nitrogens is 3. The summed E-state index contributed by atoms with van der Waals surface area (Å²) < 4.78 is 25.4. The van der Waals surface area contributed by atoms with Crippen molar-refractivity contribution in [1.82, 2.24) is 19.5 Å². The number of fused-ring (bicyclic) bond motifs is 1. The average molecular weight is 383 g/mol. The van der Waals surface area contributed by atoms with Gasteiger partial charge >= 0.3 is 0 Å². The first-order valence-electron chi connectivity index (χ1n) is 8.42. The Morgan fingerprint density at radius 1 is 1.40 bits per heavy atom. The number of nitrogens with zero attached hydrogens (tertiary/aromatic N) is 4. The number of sulfone groups is 1. The number of carbonyl (C=O) groups is 1. The summed E-state index contributed by atoms with van der Waals surface area (Å²) in [6.45, 7) is 2.67. The third-order valence-corrected chi connectivity index (χ3v) is 7.01. The van der Waals surface area contributed by atoms with Crippen LogP contribution in [-0.2, 0) is 14.6 Å². The van der Waals surface area contributed by atoms with Gasteiger partial charge in [-0.2, -0.15) is 0 Å². The van der Waals surface area contributed by atoms with Gasteiger partial charge in [-0.25, -0.2) is 8.42 Å². The fourth-order valence-electron chi connectivity index (χ4n) is 2.99. The van der Waals surface area contributed by atoms with Crippen LogP contribution in [0.3, 0.4) is 0 Å². The largest absolute Gasteiger partial charge is 0.338 e. The normalized spacial score (nSPS) is 19.3. The highest BCUT2D eigenvalue weighted by Gasteiger charge is 2.34. The standard InChI is InChI=1S/C16H22N4O3S2/c1-2-3-8-19(13-7-10-25(22,23)12-13)15(21)11-24-16-18-17-14-6-4-5-9-20(14)16/h4-6,9,13H,2-3,7-8,10-12H2,1H3. The molecule has 7 nitrogen and oxygen atoms in total. The second-order valence-corrected chi connectivity index (χ2v) is 9.37. The summed E-state index contributed by atoms with van der Waals surface area (Å²) in [5.74, 6) is 0.458. The van der Waals surface area contributed by atoms with Gasteiger partial charge in [0.15, 0.2) is 20.6 Å². The molecule has 2 aromatic heterocycles. The van der Waals surface area contributed by atoms with Crippen molar-refractivity contribution in [3.63, 3.8) is 0 Å². The molecule has 0 aromatic carbocycles. The highest BCUT2D eigenvalue weighted by Crippen LogP contribution is 2.22. The van der Waals surface area contributed by atoms with E-state index in [1.807, 2.05) is 28.8 Å². The van der Waals surface area contributed by atoms with Crippen LogP contribution in [0.5, 0.6) is 0 Å². The highest BCUT2D eigenvalue weighted by molar-refractivity contribution is 7.99. The number of hydrogen-bond donors (Lipinski definition) is 0. The smallest absolute Gasteiger partial charge is 0.233 e. The molecule has 3 heterocycles. The van der Waals surface area contributed by atoms with Crippen molar-refractivity contribution in [2.75, 3.05) is 23.8 Å². The van der Waals surface area contributed by atoms with E-state index in [-0.39, 0.29) is 29.2 Å². The zero-order valence-corrected chi connectivity index (χ0v) is 15.8. The fraction of sp³-hybridized carbons (Fsp3) is 0.562. The second-order valence-electron chi connectivity index (χ2n) is 6.20. The van der Waals surface area contributed by atoms with E-state index >= 15 is 0 Å². The van der Waals surface area contributed by atoms with Gasteiger partial charge in [-0.1, -0.05) is 31.2 Å². The van der Waals surface area contributed by atoms with Crippen molar-refractivity contribution >= 4 is 33.2 Å². The van der Waals surface area contributed by atoms with Crippen LogP contribution in [0.25, 0.3) is 5.65 Å². The topological polar surface area (TPSA) is 84.6 Å². The fourth-order valence-corrected chi connectivity index (χ4v) is 5.53. The van der Waals surface area contributed by atoms with Crippen LogP contribution in [0.1, 0.15) is 26.2 Å². The summed E-state index contributed by atoms with van der Waals surface area (Å²) in [5.41, 5.74) is 0.738. The molecule has 1 aliphatic heterocycles. The van der Waals surface area contributed by atoms with Crippen molar-refractivity contribution in [1.29, 1.82) is 0 Å². The second kappa shape index (κ2) is 7.74. The van der Waals surface area contributed by atoms with Crippen LogP contribution in [-0.4, -0.2) is 63.7 Å². The number of hydrogen-bond acceptors (Lipinski definition) is 6. The predicted molar refractivity (Wildman–Crippen MR) is 97.4 cm³/mol. The molecule has 0 bridgehead atoms. The molecule has 2 aromatic rings. The Morgan fingerprint density at radius 3 is 2.96 bits per heavy atom. The number of thioether (sulfide) groups is 1. The number of unbranched alkanes of at least 4 members (excludes halogenated alkanes) is 1. The number of rotatable bonds is 7. The molecule has 3 rings (SSSR count). The predicted octanol–water partition coefficient (Wildman–Crippen LogP) is 1.64. The molecule has 0 saturated carbocycles. The molecular weight excluding hydrogens is 360 g/mol. The third kappa shape index (κ3) is 4.33. The van der Waals surface area contributed by atoms with Crippen LogP contribution < -0.4 is 0 Å². The monoisotopic (exact) mass is 382 g/mol. The third-order valence-electron chi connectivity index (χ3n) is 4.33.